The van der Waals surface area contributed by atoms with Crippen molar-refractivity contribution in [3.63, 3.8) is 0 Å². The first-order chi connectivity index (χ1) is 14.7. The molecule has 0 bridgehead atoms. The van der Waals surface area contributed by atoms with Crippen LogP contribution in [0.3, 0.4) is 0 Å². The Kier molecular flexibility index (Phi) is 4.17. The molecule has 0 N–H and O–H groups in total. The van der Waals surface area contributed by atoms with Crippen molar-refractivity contribution in [3.8, 4) is 23.0 Å². The van der Waals surface area contributed by atoms with E-state index in [9.17, 15) is 4.79 Å². The maximum Gasteiger partial charge on any atom is 0.231 e. The lowest BCUT2D eigenvalue weighted by molar-refractivity contribution is 0.0274. The van der Waals surface area contributed by atoms with Crippen LogP contribution in [-0.4, -0.2) is 43.5 Å². The van der Waals surface area contributed by atoms with Crippen molar-refractivity contribution < 1.29 is 28.5 Å². The highest BCUT2D eigenvalue weighted by atomic mass is 16.7. The first kappa shape index (κ1) is 17.8. The summed E-state index contributed by atoms with van der Waals surface area (Å²) in [6.07, 6.45) is 4.17. The van der Waals surface area contributed by atoms with E-state index in [0.717, 1.165) is 42.9 Å². The summed E-state index contributed by atoms with van der Waals surface area (Å²) in [6.45, 7) is 3.04. The van der Waals surface area contributed by atoms with Gasteiger partial charge in [0.05, 0.1) is 17.2 Å². The number of hydrogen-bond acceptors (Lipinski definition) is 7. The quantitative estimate of drug-likeness (QED) is 0.723. The zero-order valence-corrected chi connectivity index (χ0v) is 16.4. The molecule has 0 aliphatic carbocycles. The fourth-order valence-corrected chi connectivity index (χ4v) is 4.35. The summed E-state index contributed by atoms with van der Waals surface area (Å²) < 4.78 is 28.5. The molecule has 0 spiro atoms. The fourth-order valence-electron chi connectivity index (χ4n) is 4.35. The van der Waals surface area contributed by atoms with Crippen LogP contribution in [0.1, 0.15) is 34.3 Å². The summed E-state index contributed by atoms with van der Waals surface area (Å²) in [5, 5.41) is 0. The Labute approximate surface area is 173 Å². The molecule has 7 heteroatoms. The Morgan fingerprint density at radius 2 is 1.97 bits per heavy atom. The first-order valence-electron chi connectivity index (χ1n) is 10.2. The van der Waals surface area contributed by atoms with Gasteiger partial charge < -0.3 is 23.7 Å². The van der Waals surface area contributed by atoms with Gasteiger partial charge in [0.15, 0.2) is 17.3 Å². The molecule has 1 unspecified atom stereocenters. The number of benzene rings is 2. The van der Waals surface area contributed by atoms with Crippen LogP contribution in [0.5, 0.6) is 23.0 Å². The highest BCUT2D eigenvalue weighted by molar-refractivity contribution is 6.15. The third-order valence-electron chi connectivity index (χ3n) is 5.86. The van der Waals surface area contributed by atoms with Crippen LogP contribution in [0.15, 0.2) is 36.1 Å². The minimum Gasteiger partial charge on any atom is -0.478 e. The summed E-state index contributed by atoms with van der Waals surface area (Å²) in [5.41, 5.74) is 2.31. The lowest BCUT2D eigenvalue weighted by Gasteiger charge is -2.31. The van der Waals surface area contributed by atoms with Crippen LogP contribution in [-0.2, 0) is 11.3 Å². The molecule has 2 aromatic carbocycles. The SMILES string of the molecule is O=C1/C(=C/c2ccc3c(c2)OCO3)Oc2c1ccc1c2CN(CC2CCCO2)CO1. The molecule has 4 heterocycles. The van der Waals surface area contributed by atoms with Gasteiger partial charge in [-0.05, 0) is 48.7 Å². The van der Waals surface area contributed by atoms with Crippen molar-refractivity contribution in [3.05, 3.63) is 52.8 Å². The van der Waals surface area contributed by atoms with E-state index in [-0.39, 0.29) is 18.7 Å². The van der Waals surface area contributed by atoms with Crippen molar-refractivity contribution in [2.45, 2.75) is 25.5 Å². The molecule has 0 amide bonds. The van der Waals surface area contributed by atoms with Crippen molar-refractivity contribution in [2.24, 2.45) is 0 Å². The molecule has 2 aromatic rings. The molecular formula is C23H21NO6. The summed E-state index contributed by atoms with van der Waals surface area (Å²) in [7, 11) is 0. The van der Waals surface area contributed by atoms with Gasteiger partial charge in [-0.1, -0.05) is 6.07 Å². The van der Waals surface area contributed by atoms with E-state index in [2.05, 4.69) is 4.90 Å². The van der Waals surface area contributed by atoms with Gasteiger partial charge in [0, 0.05) is 19.7 Å². The molecule has 7 nitrogen and oxygen atoms in total. The molecule has 30 heavy (non-hydrogen) atoms. The Morgan fingerprint density at radius 1 is 1.07 bits per heavy atom. The average Bonchev–Trinajstić information content (AvgIpc) is 3.50. The lowest BCUT2D eigenvalue weighted by Crippen LogP contribution is -2.37. The Morgan fingerprint density at radius 3 is 2.87 bits per heavy atom. The van der Waals surface area contributed by atoms with E-state index in [1.807, 2.05) is 24.3 Å². The standard InChI is InChI=1S/C23H21NO6/c25-22-16-4-6-18-17(11-24(12-27-18)10-15-2-1-7-26-15)23(16)30-21(22)9-14-3-5-19-20(8-14)29-13-28-19/h3-6,8-9,15H,1-2,7,10-13H2/b21-9-. The van der Waals surface area contributed by atoms with Crippen LogP contribution in [0.2, 0.25) is 0 Å². The number of Topliss-reactive ketones (excluding diaryl/α,β-unsaturated/α-hetero) is 1. The van der Waals surface area contributed by atoms with Crippen molar-refractivity contribution >= 4 is 11.9 Å². The highest BCUT2D eigenvalue weighted by Gasteiger charge is 2.34. The lowest BCUT2D eigenvalue weighted by atomic mass is 10.0. The number of rotatable bonds is 3. The van der Waals surface area contributed by atoms with Crippen LogP contribution in [0.4, 0.5) is 0 Å². The highest BCUT2D eigenvalue weighted by Crippen LogP contribution is 2.42. The Balaban J connectivity index is 1.27. The summed E-state index contributed by atoms with van der Waals surface area (Å²) in [6, 6.07) is 9.20. The first-order valence-corrected chi connectivity index (χ1v) is 10.2. The molecule has 4 aliphatic heterocycles. The fraction of sp³-hybridized carbons (Fsp3) is 0.348. The topological polar surface area (TPSA) is 66.5 Å². The summed E-state index contributed by atoms with van der Waals surface area (Å²) >= 11 is 0. The number of hydrogen-bond donors (Lipinski definition) is 0. The molecule has 1 atom stereocenters. The van der Waals surface area contributed by atoms with E-state index >= 15 is 0 Å². The minimum absolute atomic E-state index is 0.123. The van der Waals surface area contributed by atoms with Crippen LogP contribution >= 0.6 is 0 Å². The maximum absolute atomic E-state index is 13.0. The average molecular weight is 407 g/mol. The third-order valence-corrected chi connectivity index (χ3v) is 5.86. The Bertz CT molecular complexity index is 1060. The third kappa shape index (κ3) is 3.02. The minimum atomic E-state index is -0.123. The maximum atomic E-state index is 13.0. The monoisotopic (exact) mass is 407 g/mol. The molecule has 4 aliphatic rings. The molecule has 0 saturated carbocycles. The molecule has 1 fully saturated rings. The second-order valence-electron chi connectivity index (χ2n) is 7.89. The van der Waals surface area contributed by atoms with Gasteiger partial charge in [0.25, 0.3) is 0 Å². The zero-order chi connectivity index (χ0) is 20.1. The largest absolute Gasteiger partial charge is 0.478 e. The predicted octanol–water partition coefficient (Wildman–Crippen LogP) is 3.36. The van der Waals surface area contributed by atoms with Gasteiger partial charge in [0.1, 0.15) is 18.2 Å². The van der Waals surface area contributed by atoms with Crippen LogP contribution < -0.4 is 18.9 Å². The van der Waals surface area contributed by atoms with Crippen LogP contribution in [0, 0.1) is 0 Å². The molecular weight excluding hydrogens is 386 g/mol. The molecule has 6 rings (SSSR count). The van der Waals surface area contributed by atoms with E-state index in [4.69, 9.17) is 23.7 Å². The number of allylic oxidation sites excluding steroid dienone is 1. The normalized spacial score (nSPS) is 23.3. The van der Waals surface area contributed by atoms with Crippen LogP contribution in [0.25, 0.3) is 6.08 Å². The number of carbonyl (C=O) groups is 1. The van der Waals surface area contributed by atoms with Gasteiger partial charge in [-0.2, -0.15) is 0 Å². The van der Waals surface area contributed by atoms with Crippen molar-refractivity contribution in [1.29, 1.82) is 0 Å². The van der Waals surface area contributed by atoms with E-state index < -0.39 is 0 Å². The van der Waals surface area contributed by atoms with Gasteiger partial charge in [-0.3, -0.25) is 9.69 Å². The van der Waals surface area contributed by atoms with Gasteiger partial charge in [-0.15, -0.1) is 0 Å². The van der Waals surface area contributed by atoms with E-state index in [1.165, 1.54) is 0 Å². The van der Waals surface area contributed by atoms with Crippen molar-refractivity contribution in [2.75, 3.05) is 26.7 Å². The van der Waals surface area contributed by atoms with E-state index in [0.29, 0.717) is 41.8 Å². The summed E-state index contributed by atoms with van der Waals surface area (Å²) in [4.78, 5) is 15.2. The number of ketones is 1. The Hall–Kier alpha value is -3.03. The van der Waals surface area contributed by atoms with Gasteiger partial charge in [-0.25, -0.2) is 0 Å². The second kappa shape index (κ2) is 7.04. The number of fused-ring (bicyclic) bond motifs is 4. The van der Waals surface area contributed by atoms with E-state index in [1.54, 1.807) is 12.1 Å². The zero-order valence-electron chi connectivity index (χ0n) is 16.4. The molecule has 154 valence electrons. The second-order valence-corrected chi connectivity index (χ2v) is 7.89. The van der Waals surface area contributed by atoms with Crippen molar-refractivity contribution in [1.82, 2.24) is 4.90 Å². The number of ether oxygens (including phenoxy) is 5. The summed E-state index contributed by atoms with van der Waals surface area (Å²) in [5.74, 6) is 2.92. The molecule has 1 saturated heterocycles. The van der Waals surface area contributed by atoms with Gasteiger partial charge >= 0.3 is 0 Å². The smallest absolute Gasteiger partial charge is 0.231 e. The number of carbonyl (C=O) groups excluding carboxylic acids is 1. The number of nitrogens with zero attached hydrogens (tertiary/aromatic N) is 1. The molecule has 0 radical (unpaired) electrons. The molecule has 0 aromatic heterocycles. The predicted molar refractivity (Wildman–Crippen MR) is 107 cm³/mol. The van der Waals surface area contributed by atoms with Gasteiger partial charge in [0.2, 0.25) is 12.6 Å².